The van der Waals surface area contributed by atoms with Crippen molar-refractivity contribution in [3.05, 3.63) is 22.7 Å². The van der Waals surface area contributed by atoms with E-state index in [4.69, 9.17) is 28.7 Å². The van der Waals surface area contributed by atoms with E-state index in [9.17, 15) is 33.4 Å². The number of hydrogen-bond donors (Lipinski definition) is 7. The van der Waals surface area contributed by atoms with Crippen molar-refractivity contribution in [1.82, 2.24) is 9.55 Å². The summed E-state index contributed by atoms with van der Waals surface area (Å²) in [6, 6.07) is 1.14. The molecular formula is C12H19N4O13P3. The van der Waals surface area contributed by atoms with Gasteiger partial charge >= 0.3 is 29.2 Å². The predicted molar refractivity (Wildman–Crippen MR) is 103 cm³/mol. The maximum Gasteiger partial charge on any atom is 0.490 e. The zero-order chi connectivity index (χ0) is 26.3. The summed E-state index contributed by atoms with van der Waals surface area (Å²) in [7, 11) is -17.6. The van der Waals surface area contributed by atoms with Crippen molar-refractivity contribution in [3.63, 3.8) is 0 Å². The highest BCUT2D eigenvalue weighted by atomic mass is 31.3. The highest BCUT2D eigenvalue weighted by Gasteiger charge is 2.55. The molecule has 0 aliphatic carbocycles. The fraction of sp³-hybridized carbons (Fsp3) is 0.500. The third kappa shape index (κ3) is 6.53. The van der Waals surface area contributed by atoms with Crippen LogP contribution in [0.1, 0.15) is 15.9 Å². The molecule has 1 aromatic rings. The van der Waals surface area contributed by atoms with Crippen LogP contribution in [-0.2, 0) is 31.6 Å². The second kappa shape index (κ2) is 9.41. The van der Waals surface area contributed by atoms with E-state index in [1.165, 1.54) is 6.92 Å². The number of aromatic nitrogens is 2. The van der Waals surface area contributed by atoms with Crippen molar-refractivity contribution in [2.75, 3.05) is 12.3 Å². The minimum Gasteiger partial charge on any atom is -0.387 e. The van der Waals surface area contributed by atoms with Gasteiger partial charge in [-0.25, -0.2) is 18.5 Å². The van der Waals surface area contributed by atoms with Crippen LogP contribution in [0.25, 0.3) is 0 Å². The highest BCUT2D eigenvalue weighted by Crippen LogP contribution is 2.66. The summed E-state index contributed by atoms with van der Waals surface area (Å²) in [5, 5.41) is 10.7. The quantitative estimate of drug-likeness (QED) is 0.146. The van der Waals surface area contributed by atoms with Gasteiger partial charge in [0.1, 0.15) is 18.0 Å². The Morgan fingerprint density at radius 3 is 2.47 bits per heavy atom. The number of aliphatic hydroxyl groups is 1. The van der Waals surface area contributed by atoms with Crippen LogP contribution in [0.15, 0.2) is 17.1 Å². The van der Waals surface area contributed by atoms with Gasteiger partial charge in [-0.2, -0.15) is 13.6 Å². The molecule has 0 saturated carbocycles. The predicted octanol–water partition coefficient (Wildman–Crippen LogP) is -1.85. The molecule has 6 atom stereocenters. The molecule has 1 saturated heterocycles. The SMILES string of the molecule is [2H]C([2H])(OP(=O)(O)OP(=O)(O)OP(=O)(O)O)[C@H]1O[C@@H](n2ccc(N)nc2=O)C(N)(C#CC)[C@H]1O. The number of hydrogen-bond acceptors (Lipinski definition) is 12. The first-order valence-corrected chi connectivity index (χ1v) is 12.5. The second-order valence-electron chi connectivity index (χ2n) is 6.00. The molecule has 32 heavy (non-hydrogen) atoms. The lowest BCUT2D eigenvalue weighted by molar-refractivity contribution is -0.0467. The smallest absolute Gasteiger partial charge is 0.387 e. The van der Waals surface area contributed by atoms with Gasteiger partial charge in [-0.15, -0.1) is 5.92 Å². The Labute approximate surface area is 182 Å². The molecule has 0 aromatic carbocycles. The van der Waals surface area contributed by atoms with E-state index in [0.29, 0.717) is 4.57 Å². The Morgan fingerprint density at radius 2 is 1.94 bits per heavy atom. The van der Waals surface area contributed by atoms with E-state index in [1.54, 1.807) is 0 Å². The lowest BCUT2D eigenvalue weighted by Gasteiger charge is -2.27. The summed E-state index contributed by atoms with van der Waals surface area (Å²) in [5.74, 6) is 4.51. The molecule has 1 aliphatic rings. The standard InChI is InChI=1S/C12H19N4O13P3/c1-2-4-12(14)9(17)7(27-10(12)16-5-3-8(13)15-11(16)18)6-26-31(22,23)29-32(24,25)28-30(19,20)21/h3,5,7,9-10,17H,6,14H2,1H3,(H,22,23)(H,24,25)(H2,13,15,18)(H2,19,20,21)/t7-,9+,10-,12?/m1/s1/i6D2. The maximum absolute atomic E-state index is 12.2. The summed E-state index contributed by atoms with van der Waals surface area (Å²) >= 11 is 0. The average molecular weight is 522 g/mol. The fourth-order valence-corrected chi connectivity index (χ4v) is 5.36. The number of phosphoric acid groups is 3. The monoisotopic (exact) mass is 522 g/mol. The number of ether oxygens (including phenoxy) is 1. The molecule has 17 nitrogen and oxygen atoms in total. The molecule has 2 heterocycles. The van der Waals surface area contributed by atoms with Crippen LogP contribution in [0.5, 0.6) is 0 Å². The van der Waals surface area contributed by atoms with Gasteiger partial charge in [0.05, 0.1) is 9.30 Å². The molecular weight excluding hydrogens is 501 g/mol. The van der Waals surface area contributed by atoms with Gasteiger partial charge in [0, 0.05) is 6.20 Å². The van der Waals surface area contributed by atoms with E-state index in [1.807, 2.05) is 0 Å². The maximum atomic E-state index is 12.2. The van der Waals surface area contributed by atoms with E-state index < -0.39 is 59.7 Å². The second-order valence-corrected chi connectivity index (χ2v) is 10.3. The molecule has 20 heteroatoms. The van der Waals surface area contributed by atoms with Crippen molar-refractivity contribution in [3.8, 4) is 11.8 Å². The Balaban J connectivity index is 2.40. The van der Waals surface area contributed by atoms with Gasteiger partial charge in [0.15, 0.2) is 11.8 Å². The molecule has 180 valence electrons. The van der Waals surface area contributed by atoms with Gasteiger partial charge in [0.2, 0.25) is 0 Å². The number of aliphatic hydroxyl groups excluding tert-OH is 1. The van der Waals surface area contributed by atoms with Gasteiger partial charge < -0.3 is 40.9 Å². The summed E-state index contributed by atoms with van der Waals surface area (Å²) in [6.07, 6.45) is -5.17. The molecule has 1 aliphatic heterocycles. The summed E-state index contributed by atoms with van der Waals surface area (Å²) < 4.78 is 67.2. The number of anilines is 1. The van der Waals surface area contributed by atoms with E-state index in [-0.39, 0.29) is 5.82 Å². The Bertz CT molecular complexity index is 1210. The molecule has 0 amide bonds. The summed E-state index contributed by atoms with van der Waals surface area (Å²) in [6.45, 7) is -2.28. The van der Waals surface area contributed by atoms with Gasteiger partial charge in [-0.05, 0) is 13.0 Å². The number of phosphoric ester groups is 1. The highest BCUT2D eigenvalue weighted by molar-refractivity contribution is 7.66. The fourth-order valence-electron chi connectivity index (χ4n) is 2.48. The molecule has 9 N–H and O–H groups in total. The van der Waals surface area contributed by atoms with Crippen LogP contribution in [0.2, 0.25) is 0 Å². The molecule has 1 aromatic heterocycles. The molecule has 2 rings (SSSR count). The zero-order valence-corrected chi connectivity index (χ0v) is 18.5. The van der Waals surface area contributed by atoms with Crippen molar-refractivity contribution in [2.24, 2.45) is 5.73 Å². The Morgan fingerprint density at radius 1 is 1.31 bits per heavy atom. The number of rotatable bonds is 8. The normalized spacial score (nSPS) is 30.9. The minimum atomic E-state index is -5.99. The van der Waals surface area contributed by atoms with Crippen molar-refractivity contribution in [1.29, 1.82) is 0 Å². The summed E-state index contributed by atoms with van der Waals surface area (Å²) in [5.41, 5.74) is 8.21. The van der Waals surface area contributed by atoms with E-state index in [2.05, 4.69) is 30.0 Å². The van der Waals surface area contributed by atoms with Crippen LogP contribution in [0.3, 0.4) is 0 Å². The number of nitrogens with two attached hydrogens (primary N) is 2. The molecule has 0 spiro atoms. The topological polar surface area (TPSA) is 276 Å². The molecule has 0 bridgehead atoms. The van der Waals surface area contributed by atoms with Crippen molar-refractivity contribution in [2.45, 2.75) is 30.9 Å². The van der Waals surface area contributed by atoms with Crippen LogP contribution in [0, 0.1) is 11.8 Å². The Hall–Kier alpha value is -1.47. The minimum absolute atomic E-state index is 0.191. The zero-order valence-electron chi connectivity index (χ0n) is 17.8. The van der Waals surface area contributed by atoms with Crippen LogP contribution >= 0.6 is 23.5 Å². The van der Waals surface area contributed by atoms with E-state index >= 15 is 0 Å². The summed E-state index contributed by atoms with van der Waals surface area (Å²) in [4.78, 5) is 51.6. The number of nitrogen functional groups attached to an aromatic ring is 1. The molecule has 3 unspecified atom stereocenters. The third-order valence-corrected chi connectivity index (χ3v) is 7.27. The van der Waals surface area contributed by atoms with Crippen molar-refractivity contribution < 1.29 is 59.0 Å². The van der Waals surface area contributed by atoms with Crippen molar-refractivity contribution >= 4 is 29.3 Å². The van der Waals surface area contributed by atoms with Gasteiger partial charge in [-0.3, -0.25) is 9.09 Å². The van der Waals surface area contributed by atoms with Gasteiger partial charge in [0.25, 0.3) is 0 Å². The largest absolute Gasteiger partial charge is 0.490 e. The molecule has 0 radical (unpaired) electrons. The first-order valence-electron chi connectivity index (χ1n) is 8.98. The average Bonchev–Trinajstić information content (AvgIpc) is 2.83. The molecule has 1 fully saturated rings. The Kier molecular flexibility index (Phi) is 6.97. The first-order chi connectivity index (χ1) is 15.2. The number of nitrogens with zero attached hydrogens (tertiary/aromatic N) is 2. The van der Waals surface area contributed by atoms with Crippen LogP contribution in [-0.4, -0.2) is 58.5 Å². The van der Waals surface area contributed by atoms with Crippen LogP contribution in [0.4, 0.5) is 5.82 Å². The lowest BCUT2D eigenvalue weighted by atomic mass is 9.91. The van der Waals surface area contributed by atoms with E-state index in [0.717, 1.165) is 12.3 Å². The lowest BCUT2D eigenvalue weighted by Crippen LogP contribution is -2.55. The van der Waals surface area contributed by atoms with Gasteiger partial charge in [-0.1, -0.05) is 5.92 Å². The first kappa shape index (κ1) is 23.7. The third-order valence-electron chi connectivity index (χ3n) is 3.61. The van der Waals surface area contributed by atoms with Crippen LogP contribution < -0.4 is 17.2 Å².